The molecule has 1 amide bonds. The fourth-order valence-electron chi connectivity index (χ4n) is 5.63. The second-order valence-corrected chi connectivity index (χ2v) is 9.12. The minimum absolute atomic E-state index is 0.0386. The van der Waals surface area contributed by atoms with Crippen LogP contribution in [0, 0.1) is 23.2 Å². The van der Waals surface area contributed by atoms with Crippen molar-refractivity contribution < 1.29 is 4.79 Å². The van der Waals surface area contributed by atoms with Crippen LogP contribution in [0.4, 0.5) is 0 Å². The van der Waals surface area contributed by atoms with Gasteiger partial charge in [0.05, 0.1) is 0 Å². The average molecular weight is 341 g/mol. The lowest BCUT2D eigenvalue weighted by atomic mass is 9.71. The molecule has 0 spiro atoms. The van der Waals surface area contributed by atoms with Crippen LogP contribution in [0.5, 0.6) is 0 Å². The highest BCUT2D eigenvalue weighted by molar-refractivity contribution is 5.55. The van der Waals surface area contributed by atoms with Crippen LogP contribution in [0.1, 0.15) is 52.4 Å². The van der Waals surface area contributed by atoms with E-state index < -0.39 is 0 Å². The third-order valence-electron chi connectivity index (χ3n) is 7.04. The summed E-state index contributed by atoms with van der Waals surface area (Å²) in [6, 6.07) is 0.664. The van der Waals surface area contributed by atoms with Gasteiger partial charge >= 0.3 is 0 Å². The van der Waals surface area contributed by atoms with E-state index >= 15 is 0 Å². The molecule has 3 fully saturated rings. The Morgan fingerprint density at radius 1 is 1.12 bits per heavy atom. The van der Waals surface area contributed by atoms with Crippen LogP contribution in [-0.2, 0) is 4.79 Å². The predicted octanol–water partition coefficient (Wildman–Crippen LogP) is 4.04. The molecule has 4 atom stereocenters. The molecule has 136 valence electrons. The molecule has 0 bridgehead atoms. The van der Waals surface area contributed by atoms with Crippen molar-refractivity contribution in [3.05, 3.63) is 35.6 Å². The number of allylic oxidation sites excluding steroid dienone is 4. The summed E-state index contributed by atoms with van der Waals surface area (Å²) in [6.07, 6.45) is 18.1. The highest BCUT2D eigenvalue weighted by Gasteiger charge is 2.44. The summed E-state index contributed by atoms with van der Waals surface area (Å²) in [5, 5.41) is 2.98. The largest absolute Gasteiger partial charge is 0.328 e. The van der Waals surface area contributed by atoms with Crippen molar-refractivity contribution in [1.29, 1.82) is 0 Å². The molecule has 4 aliphatic rings. The summed E-state index contributed by atoms with van der Waals surface area (Å²) in [6.45, 7) is 6.96. The predicted molar refractivity (Wildman–Crippen MR) is 102 cm³/mol. The molecule has 0 aromatic heterocycles. The second kappa shape index (κ2) is 6.75. The normalized spacial score (nSPS) is 37.4. The zero-order chi connectivity index (χ0) is 17.4. The fourth-order valence-corrected chi connectivity index (χ4v) is 5.63. The zero-order valence-electron chi connectivity index (χ0n) is 15.7. The first-order valence-corrected chi connectivity index (χ1v) is 10.1. The van der Waals surface area contributed by atoms with E-state index in [2.05, 4.69) is 48.4 Å². The maximum Gasteiger partial charge on any atom is 0.211 e. The van der Waals surface area contributed by atoms with E-state index in [1.54, 1.807) is 0 Å². The van der Waals surface area contributed by atoms with E-state index in [1.807, 2.05) is 0 Å². The molecule has 0 aromatic carbocycles. The molecule has 0 aromatic rings. The van der Waals surface area contributed by atoms with Gasteiger partial charge in [0.25, 0.3) is 0 Å². The Labute approximate surface area is 152 Å². The summed E-state index contributed by atoms with van der Waals surface area (Å²) in [7, 11) is 0. The van der Waals surface area contributed by atoms with Gasteiger partial charge in [-0.15, -0.1) is 0 Å². The van der Waals surface area contributed by atoms with Crippen LogP contribution in [0.2, 0.25) is 0 Å². The quantitative estimate of drug-likeness (QED) is 0.787. The van der Waals surface area contributed by atoms with E-state index in [0.717, 1.165) is 23.9 Å². The summed E-state index contributed by atoms with van der Waals surface area (Å²) in [5.74, 6) is 2.43. The number of hydrogen-bond acceptors (Lipinski definition) is 2. The summed E-state index contributed by atoms with van der Waals surface area (Å²) in [4.78, 5) is 13.9. The Hall–Kier alpha value is -1.35. The third-order valence-corrected chi connectivity index (χ3v) is 7.04. The van der Waals surface area contributed by atoms with Crippen molar-refractivity contribution in [1.82, 2.24) is 10.2 Å². The average Bonchev–Trinajstić information content (AvgIpc) is 2.93. The maximum atomic E-state index is 11.2. The van der Waals surface area contributed by atoms with Gasteiger partial charge in [-0.2, -0.15) is 0 Å². The highest BCUT2D eigenvalue weighted by Crippen LogP contribution is 2.46. The van der Waals surface area contributed by atoms with Crippen LogP contribution in [0.25, 0.3) is 0 Å². The van der Waals surface area contributed by atoms with Crippen LogP contribution in [0.15, 0.2) is 35.6 Å². The molecule has 2 saturated heterocycles. The molecule has 1 saturated carbocycles. The Balaban J connectivity index is 1.61. The molecule has 4 unspecified atom stereocenters. The van der Waals surface area contributed by atoms with Gasteiger partial charge in [0, 0.05) is 29.6 Å². The van der Waals surface area contributed by atoms with E-state index in [4.69, 9.17) is 0 Å². The van der Waals surface area contributed by atoms with Gasteiger partial charge < -0.3 is 5.32 Å². The Kier molecular flexibility index (Phi) is 4.61. The minimum Gasteiger partial charge on any atom is -0.328 e. The molecule has 3 heteroatoms. The van der Waals surface area contributed by atoms with Crippen molar-refractivity contribution in [3.8, 4) is 0 Å². The molecule has 2 aliphatic heterocycles. The number of fused-ring (bicyclic) bond motifs is 2. The fraction of sp³-hybridized carbons (Fsp3) is 0.682. The number of carbonyl (C=O) groups is 1. The SMILES string of the molecule is CC1(C)C=CC(NC=O)=C(C2CCN3CC4CCCCC4CC23)C=C1. The van der Waals surface area contributed by atoms with Crippen molar-refractivity contribution in [2.45, 2.75) is 58.4 Å². The summed E-state index contributed by atoms with van der Waals surface area (Å²) in [5.41, 5.74) is 2.39. The van der Waals surface area contributed by atoms with Gasteiger partial charge in [0.2, 0.25) is 6.41 Å². The zero-order valence-corrected chi connectivity index (χ0v) is 15.7. The van der Waals surface area contributed by atoms with E-state index in [9.17, 15) is 4.79 Å². The first-order valence-electron chi connectivity index (χ1n) is 10.1. The summed E-state index contributed by atoms with van der Waals surface area (Å²) >= 11 is 0. The lowest BCUT2D eigenvalue weighted by Crippen LogP contribution is -2.47. The first kappa shape index (κ1) is 17.1. The summed E-state index contributed by atoms with van der Waals surface area (Å²) < 4.78 is 0. The molecule has 1 N–H and O–H groups in total. The van der Waals surface area contributed by atoms with E-state index in [0.29, 0.717) is 12.0 Å². The van der Waals surface area contributed by atoms with Crippen LogP contribution in [0.3, 0.4) is 0 Å². The third kappa shape index (κ3) is 3.36. The Morgan fingerprint density at radius 2 is 1.88 bits per heavy atom. The lowest BCUT2D eigenvalue weighted by molar-refractivity contribution is -0.108. The van der Waals surface area contributed by atoms with Gasteiger partial charge in [0.15, 0.2) is 0 Å². The van der Waals surface area contributed by atoms with Crippen molar-refractivity contribution >= 4 is 6.41 Å². The number of nitrogens with one attached hydrogen (secondary N) is 1. The molecular formula is C22H32N2O. The standard InChI is InChI=1S/C22H32N2O/c1-22(2)10-7-18(20(8-11-22)23-15-25)19-9-12-24-14-17-6-4-3-5-16(17)13-21(19)24/h7-8,10-11,15-17,19,21H,3-6,9,12-14H2,1-2H3,(H,23,25). The van der Waals surface area contributed by atoms with Crippen LogP contribution >= 0.6 is 0 Å². The second-order valence-electron chi connectivity index (χ2n) is 9.12. The Morgan fingerprint density at radius 3 is 2.68 bits per heavy atom. The van der Waals surface area contributed by atoms with E-state index in [-0.39, 0.29) is 5.41 Å². The van der Waals surface area contributed by atoms with Crippen LogP contribution in [-0.4, -0.2) is 30.4 Å². The lowest BCUT2D eigenvalue weighted by Gasteiger charge is -2.45. The number of nitrogens with zero attached hydrogens (tertiary/aromatic N) is 1. The molecule has 3 nitrogen and oxygen atoms in total. The number of hydrogen-bond donors (Lipinski definition) is 1. The van der Waals surface area contributed by atoms with Crippen LogP contribution < -0.4 is 5.32 Å². The molecular weight excluding hydrogens is 308 g/mol. The number of amides is 1. The van der Waals surface area contributed by atoms with Crippen molar-refractivity contribution in [3.63, 3.8) is 0 Å². The van der Waals surface area contributed by atoms with Gasteiger partial charge in [-0.1, -0.05) is 51.3 Å². The molecule has 0 radical (unpaired) electrons. The smallest absolute Gasteiger partial charge is 0.211 e. The minimum atomic E-state index is 0.0386. The highest BCUT2D eigenvalue weighted by atomic mass is 16.1. The number of carbonyl (C=O) groups excluding carboxylic acids is 1. The monoisotopic (exact) mass is 340 g/mol. The molecule has 2 aliphatic carbocycles. The van der Waals surface area contributed by atoms with Gasteiger partial charge in [0.1, 0.15) is 0 Å². The Bertz CT molecular complexity index is 616. The first-order chi connectivity index (χ1) is 12.1. The van der Waals surface area contributed by atoms with E-state index in [1.165, 1.54) is 57.2 Å². The molecule has 4 rings (SSSR count). The van der Waals surface area contributed by atoms with Gasteiger partial charge in [-0.3, -0.25) is 9.69 Å². The van der Waals surface area contributed by atoms with Crippen molar-refractivity contribution in [2.75, 3.05) is 13.1 Å². The van der Waals surface area contributed by atoms with Crippen molar-refractivity contribution in [2.24, 2.45) is 23.2 Å². The molecule has 2 heterocycles. The maximum absolute atomic E-state index is 11.2. The molecule has 25 heavy (non-hydrogen) atoms. The topological polar surface area (TPSA) is 32.3 Å². The van der Waals surface area contributed by atoms with Gasteiger partial charge in [-0.25, -0.2) is 0 Å². The number of rotatable bonds is 3. The number of piperidine rings is 1. The van der Waals surface area contributed by atoms with Gasteiger partial charge in [-0.05, 0) is 49.3 Å².